The van der Waals surface area contributed by atoms with Crippen molar-refractivity contribution in [3.05, 3.63) is 17.5 Å². The molecular formula is C10H16N8S. The van der Waals surface area contributed by atoms with Gasteiger partial charge < -0.3 is 27.5 Å². The first kappa shape index (κ1) is 14.8. The molecule has 8 nitrogen and oxygen atoms in total. The number of anilines is 3. The number of nitrogen functional groups attached to an aromatic ring is 2. The molecule has 1 heterocycles. The second-order valence-corrected chi connectivity index (χ2v) is 4.20. The second-order valence-electron chi connectivity index (χ2n) is 3.38. The number of hydrogen-bond donors (Lipinski definition) is 6. The van der Waals surface area contributed by atoms with Crippen molar-refractivity contribution >= 4 is 40.6 Å². The highest BCUT2D eigenvalue weighted by atomic mass is 32.2. The molecule has 0 fully saturated rings. The van der Waals surface area contributed by atoms with Gasteiger partial charge in [-0.15, -0.1) is 11.8 Å². The van der Waals surface area contributed by atoms with Crippen molar-refractivity contribution in [2.75, 3.05) is 30.1 Å². The van der Waals surface area contributed by atoms with Crippen LogP contribution in [0, 0.1) is 10.8 Å². The molecule has 0 saturated heterocycles. The van der Waals surface area contributed by atoms with Gasteiger partial charge in [0.1, 0.15) is 16.7 Å². The monoisotopic (exact) mass is 280 g/mol. The van der Waals surface area contributed by atoms with Gasteiger partial charge in [0.15, 0.2) is 0 Å². The van der Waals surface area contributed by atoms with E-state index >= 15 is 0 Å². The minimum atomic E-state index is 0.128. The van der Waals surface area contributed by atoms with Gasteiger partial charge in [-0.3, -0.25) is 5.41 Å². The van der Waals surface area contributed by atoms with Gasteiger partial charge >= 0.3 is 0 Å². The Kier molecular flexibility index (Phi) is 5.12. The maximum atomic E-state index is 7.72. The zero-order valence-corrected chi connectivity index (χ0v) is 11.4. The molecule has 8 N–H and O–H groups in total. The van der Waals surface area contributed by atoms with Gasteiger partial charge in [0, 0.05) is 19.5 Å². The van der Waals surface area contributed by atoms with Crippen LogP contribution < -0.4 is 22.1 Å². The fourth-order valence-corrected chi connectivity index (χ4v) is 1.70. The largest absolute Gasteiger partial charge is 0.392 e. The zero-order chi connectivity index (χ0) is 14.4. The Hall–Kier alpha value is -2.29. The van der Waals surface area contributed by atoms with Gasteiger partial charge in [-0.2, -0.15) is 9.97 Å². The van der Waals surface area contributed by atoms with Gasteiger partial charge in [-0.25, -0.2) is 0 Å². The standard InChI is InChI=1S/C10H16N8S/c1-15-4-5(3-11)16-10-17-7(12)6(8(13)18-10)9(14)19-2/h3-4,11,14-15H,1-2H3,(H5,12,13,16,17,18)/b5-4+,11-3?,14-9?. The van der Waals surface area contributed by atoms with E-state index in [4.69, 9.17) is 22.3 Å². The summed E-state index contributed by atoms with van der Waals surface area (Å²) in [7, 11) is 1.71. The Morgan fingerprint density at radius 3 is 2.32 bits per heavy atom. The van der Waals surface area contributed by atoms with Crippen molar-refractivity contribution in [3.8, 4) is 0 Å². The Morgan fingerprint density at radius 1 is 1.32 bits per heavy atom. The Bertz CT molecular complexity index is 501. The molecule has 19 heavy (non-hydrogen) atoms. The van der Waals surface area contributed by atoms with Crippen LogP contribution in [0.4, 0.5) is 17.6 Å². The number of hydrogen-bond acceptors (Lipinski definition) is 9. The van der Waals surface area contributed by atoms with Crippen LogP contribution in [0.25, 0.3) is 0 Å². The van der Waals surface area contributed by atoms with Crippen LogP contribution in [0.15, 0.2) is 11.9 Å². The minimum Gasteiger partial charge on any atom is -0.392 e. The van der Waals surface area contributed by atoms with Gasteiger partial charge in [0.25, 0.3) is 0 Å². The van der Waals surface area contributed by atoms with Crippen molar-refractivity contribution in [1.82, 2.24) is 15.3 Å². The summed E-state index contributed by atoms with van der Waals surface area (Å²) in [6, 6.07) is 0. The average Bonchev–Trinajstić information content (AvgIpc) is 2.37. The van der Waals surface area contributed by atoms with E-state index in [1.54, 1.807) is 19.5 Å². The summed E-state index contributed by atoms with van der Waals surface area (Å²) in [4.78, 5) is 8.04. The van der Waals surface area contributed by atoms with Crippen molar-refractivity contribution in [1.29, 1.82) is 10.8 Å². The van der Waals surface area contributed by atoms with E-state index in [1.165, 1.54) is 11.8 Å². The molecule has 0 bridgehead atoms. The van der Waals surface area contributed by atoms with Crippen molar-refractivity contribution in [3.63, 3.8) is 0 Å². The van der Waals surface area contributed by atoms with Crippen LogP contribution in [0.3, 0.4) is 0 Å². The SMILES string of the molecule is CN/C=C(\C=N)Nc1nc(N)c(C(=N)SC)c(N)n1. The summed E-state index contributed by atoms with van der Waals surface area (Å²) in [5, 5.41) is 20.7. The molecule has 9 heteroatoms. The number of aromatic nitrogens is 2. The number of thioether (sulfide) groups is 1. The van der Waals surface area contributed by atoms with Crippen molar-refractivity contribution in [2.24, 2.45) is 0 Å². The molecule has 0 saturated carbocycles. The molecule has 0 unspecified atom stereocenters. The molecule has 1 aromatic heterocycles. The van der Waals surface area contributed by atoms with E-state index in [-0.39, 0.29) is 22.6 Å². The average molecular weight is 280 g/mol. The molecule has 1 rings (SSSR count). The maximum absolute atomic E-state index is 7.72. The third kappa shape index (κ3) is 3.58. The van der Waals surface area contributed by atoms with Crippen LogP contribution in [0.5, 0.6) is 0 Å². The van der Waals surface area contributed by atoms with Gasteiger partial charge in [0.2, 0.25) is 5.95 Å². The molecule has 0 amide bonds. The summed E-state index contributed by atoms with van der Waals surface area (Å²) in [5.41, 5.74) is 12.3. The second kappa shape index (κ2) is 6.59. The lowest BCUT2D eigenvalue weighted by Gasteiger charge is -2.11. The summed E-state index contributed by atoms with van der Waals surface area (Å²) < 4.78 is 0. The summed E-state index contributed by atoms with van der Waals surface area (Å²) in [5.74, 6) is 0.434. The van der Waals surface area contributed by atoms with Crippen LogP contribution in [0.2, 0.25) is 0 Å². The normalized spacial score (nSPS) is 10.9. The smallest absolute Gasteiger partial charge is 0.231 e. The molecule has 0 atom stereocenters. The van der Waals surface area contributed by atoms with E-state index < -0.39 is 0 Å². The molecule has 0 aliphatic rings. The fraction of sp³-hybridized carbons (Fsp3) is 0.200. The summed E-state index contributed by atoms with van der Waals surface area (Å²) in [6.45, 7) is 0. The Labute approximate surface area is 115 Å². The maximum Gasteiger partial charge on any atom is 0.231 e. The highest BCUT2D eigenvalue weighted by Crippen LogP contribution is 2.22. The third-order valence-electron chi connectivity index (χ3n) is 2.11. The van der Waals surface area contributed by atoms with Gasteiger partial charge in [-0.1, -0.05) is 0 Å². The Morgan fingerprint density at radius 2 is 1.89 bits per heavy atom. The summed E-state index contributed by atoms with van der Waals surface area (Å²) in [6.07, 6.45) is 4.42. The molecule has 0 spiro atoms. The first-order chi connectivity index (χ1) is 9.03. The molecule has 0 aliphatic heterocycles. The van der Waals surface area contributed by atoms with Crippen molar-refractivity contribution < 1.29 is 0 Å². The predicted octanol–water partition coefficient (Wildman–Crippen LogP) is 0.452. The molecule has 0 aliphatic carbocycles. The van der Waals surface area contributed by atoms with Crippen LogP contribution >= 0.6 is 11.8 Å². The number of allylic oxidation sites excluding steroid dienone is 1. The zero-order valence-electron chi connectivity index (χ0n) is 10.6. The number of nitrogens with zero attached hydrogens (tertiary/aromatic N) is 2. The molecule has 102 valence electrons. The van der Waals surface area contributed by atoms with Gasteiger partial charge in [0.05, 0.1) is 11.3 Å². The van der Waals surface area contributed by atoms with E-state index in [0.29, 0.717) is 11.3 Å². The van der Waals surface area contributed by atoms with Crippen LogP contribution in [-0.2, 0) is 0 Å². The summed E-state index contributed by atoms with van der Waals surface area (Å²) >= 11 is 1.20. The van der Waals surface area contributed by atoms with E-state index in [2.05, 4.69) is 20.6 Å². The lowest BCUT2D eigenvalue weighted by molar-refractivity contribution is 1.08. The van der Waals surface area contributed by atoms with Gasteiger partial charge in [-0.05, 0) is 6.26 Å². The van der Waals surface area contributed by atoms with E-state index in [9.17, 15) is 0 Å². The van der Waals surface area contributed by atoms with E-state index in [0.717, 1.165) is 6.21 Å². The fourth-order valence-electron chi connectivity index (χ4n) is 1.29. The highest BCUT2D eigenvalue weighted by Gasteiger charge is 2.14. The highest BCUT2D eigenvalue weighted by molar-refractivity contribution is 8.13. The quantitative estimate of drug-likeness (QED) is 0.338. The number of nitrogens with two attached hydrogens (primary N) is 2. The number of rotatable bonds is 5. The third-order valence-corrected chi connectivity index (χ3v) is 2.72. The molecule has 0 aromatic carbocycles. The lowest BCUT2D eigenvalue weighted by atomic mass is 10.3. The van der Waals surface area contributed by atoms with Crippen LogP contribution in [-0.4, -0.2) is 34.5 Å². The first-order valence-electron chi connectivity index (χ1n) is 5.24. The van der Waals surface area contributed by atoms with E-state index in [1.807, 2.05) is 0 Å². The van der Waals surface area contributed by atoms with Crippen LogP contribution in [0.1, 0.15) is 5.56 Å². The molecule has 1 aromatic rings. The minimum absolute atomic E-state index is 0.128. The predicted molar refractivity (Wildman–Crippen MR) is 80.7 cm³/mol. The number of nitrogens with one attached hydrogen (secondary N) is 4. The molecular weight excluding hydrogens is 264 g/mol. The topological polar surface area (TPSA) is 150 Å². The Balaban J connectivity index is 3.11. The molecule has 0 radical (unpaired) electrons. The lowest BCUT2D eigenvalue weighted by Crippen LogP contribution is -2.14. The first-order valence-corrected chi connectivity index (χ1v) is 6.46. The van der Waals surface area contributed by atoms with Crippen molar-refractivity contribution in [2.45, 2.75) is 0 Å².